The van der Waals surface area contributed by atoms with Crippen LogP contribution < -0.4 is 10.2 Å². The van der Waals surface area contributed by atoms with Gasteiger partial charge >= 0.3 is 0 Å². The van der Waals surface area contributed by atoms with E-state index in [1.54, 1.807) is 6.92 Å². The number of carbonyl (C=O) groups excluding carboxylic acids is 2. The number of hydrogen-bond donors (Lipinski definition) is 1. The molecule has 2 rings (SSSR count). The summed E-state index contributed by atoms with van der Waals surface area (Å²) in [5.41, 5.74) is 0.753. The molecule has 6 heteroatoms. The number of rotatable bonds is 3. The highest BCUT2D eigenvalue weighted by molar-refractivity contribution is 7.17. The molecule has 1 aromatic rings. The number of aryl methyl sites for hydroxylation is 1. The van der Waals surface area contributed by atoms with Crippen LogP contribution in [0.1, 0.15) is 35.6 Å². The Kier molecular flexibility index (Phi) is 3.65. The van der Waals surface area contributed by atoms with Gasteiger partial charge in [-0.1, -0.05) is 18.3 Å². The summed E-state index contributed by atoms with van der Waals surface area (Å²) in [5, 5.41) is 3.63. The first-order chi connectivity index (χ1) is 8.54. The zero-order chi connectivity index (χ0) is 13.3. The van der Waals surface area contributed by atoms with Crippen molar-refractivity contribution in [2.45, 2.75) is 33.2 Å². The smallest absolute Gasteiger partial charge is 0.242 e. The summed E-state index contributed by atoms with van der Waals surface area (Å²) in [5.74, 6) is 0.0757. The minimum atomic E-state index is -0.177. The standard InChI is InChI=1S/C12H17N3O2S/c1-4-9-11(17)13-5-6-15(9)12-14-7(2)10(18-12)8(3)16/h9H,4-6H2,1-3H3,(H,13,17). The molecule has 0 saturated carbocycles. The highest BCUT2D eigenvalue weighted by Crippen LogP contribution is 2.29. The second-order valence-electron chi connectivity index (χ2n) is 4.38. The van der Waals surface area contributed by atoms with Gasteiger partial charge in [0.25, 0.3) is 0 Å². The Bertz CT molecular complexity index is 484. The molecule has 2 heterocycles. The number of thiazole rings is 1. The molecule has 1 aliphatic rings. The Hall–Kier alpha value is -1.43. The van der Waals surface area contributed by atoms with Crippen molar-refractivity contribution in [1.82, 2.24) is 10.3 Å². The molecule has 0 bridgehead atoms. The third kappa shape index (κ3) is 2.25. The Morgan fingerprint density at radius 1 is 1.61 bits per heavy atom. The third-order valence-electron chi connectivity index (χ3n) is 3.07. The number of amides is 1. The lowest BCUT2D eigenvalue weighted by Gasteiger charge is -2.34. The van der Waals surface area contributed by atoms with Gasteiger partial charge in [0, 0.05) is 20.0 Å². The summed E-state index contributed by atoms with van der Waals surface area (Å²) in [6.45, 7) is 6.74. The SMILES string of the molecule is CCC1C(=O)NCCN1c1nc(C)c(C(C)=O)s1. The van der Waals surface area contributed by atoms with Gasteiger partial charge in [0.05, 0.1) is 10.6 Å². The number of nitrogens with zero attached hydrogens (tertiary/aromatic N) is 2. The summed E-state index contributed by atoms with van der Waals surface area (Å²) in [6.07, 6.45) is 0.736. The number of nitrogens with one attached hydrogen (secondary N) is 1. The zero-order valence-corrected chi connectivity index (χ0v) is 11.6. The normalized spacial score (nSPS) is 19.8. The molecule has 1 saturated heterocycles. The van der Waals surface area contributed by atoms with Gasteiger partial charge in [0.2, 0.25) is 5.91 Å². The lowest BCUT2D eigenvalue weighted by molar-refractivity contribution is -0.123. The number of Topliss-reactive ketones (excluding diaryl/α,β-unsaturated/α-hetero) is 1. The van der Waals surface area contributed by atoms with Crippen molar-refractivity contribution >= 4 is 28.2 Å². The Morgan fingerprint density at radius 3 is 2.89 bits per heavy atom. The van der Waals surface area contributed by atoms with Crippen LogP contribution in [0.5, 0.6) is 0 Å². The fourth-order valence-electron chi connectivity index (χ4n) is 2.18. The van der Waals surface area contributed by atoms with Crippen molar-refractivity contribution in [1.29, 1.82) is 0 Å². The Labute approximate surface area is 110 Å². The summed E-state index contributed by atoms with van der Waals surface area (Å²) < 4.78 is 0. The minimum Gasteiger partial charge on any atom is -0.353 e. The maximum Gasteiger partial charge on any atom is 0.242 e. The molecule has 1 atom stereocenters. The van der Waals surface area contributed by atoms with E-state index in [2.05, 4.69) is 10.3 Å². The van der Waals surface area contributed by atoms with Crippen LogP contribution >= 0.6 is 11.3 Å². The Balaban J connectivity index is 2.32. The number of ketones is 1. The van der Waals surface area contributed by atoms with Gasteiger partial charge in [0.15, 0.2) is 10.9 Å². The second kappa shape index (κ2) is 5.06. The number of anilines is 1. The van der Waals surface area contributed by atoms with Crippen molar-refractivity contribution in [2.75, 3.05) is 18.0 Å². The summed E-state index contributed by atoms with van der Waals surface area (Å²) in [7, 11) is 0. The molecule has 98 valence electrons. The first kappa shape index (κ1) is 13.0. The van der Waals surface area contributed by atoms with Crippen LogP contribution in [-0.2, 0) is 4.79 Å². The summed E-state index contributed by atoms with van der Waals surface area (Å²) in [4.78, 5) is 30.4. The average Bonchev–Trinajstić information content (AvgIpc) is 2.71. The van der Waals surface area contributed by atoms with Gasteiger partial charge in [-0.25, -0.2) is 4.98 Å². The first-order valence-corrected chi connectivity index (χ1v) is 6.89. The van der Waals surface area contributed by atoms with E-state index in [-0.39, 0.29) is 17.7 Å². The van der Waals surface area contributed by atoms with Crippen molar-refractivity contribution in [2.24, 2.45) is 0 Å². The molecule has 1 N–H and O–H groups in total. The topological polar surface area (TPSA) is 62.3 Å². The lowest BCUT2D eigenvalue weighted by Crippen LogP contribution is -2.55. The Morgan fingerprint density at radius 2 is 2.33 bits per heavy atom. The van der Waals surface area contributed by atoms with Gasteiger partial charge in [-0.15, -0.1) is 0 Å². The largest absolute Gasteiger partial charge is 0.353 e. The molecule has 0 radical (unpaired) electrons. The van der Waals surface area contributed by atoms with E-state index in [1.165, 1.54) is 11.3 Å². The van der Waals surface area contributed by atoms with E-state index in [9.17, 15) is 9.59 Å². The highest BCUT2D eigenvalue weighted by Gasteiger charge is 2.30. The molecule has 1 fully saturated rings. The van der Waals surface area contributed by atoms with E-state index in [1.807, 2.05) is 18.7 Å². The molecule has 0 aromatic carbocycles. The average molecular weight is 267 g/mol. The van der Waals surface area contributed by atoms with Gasteiger partial charge in [-0.05, 0) is 13.3 Å². The fourth-order valence-corrected chi connectivity index (χ4v) is 3.22. The minimum absolute atomic E-state index is 0.0331. The van der Waals surface area contributed by atoms with E-state index < -0.39 is 0 Å². The van der Waals surface area contributed by atoms with E-state index in [0.29, 0.717) is 11.4 Å². The molecule has 1 unspecified atom stereocenters. The van der Waals surface area contributed by atoms with Gasteiger partial charge in [-0.2, -0.15) is 0 Å². The summed E-state index contributed by atoms with van der Waals surface area (Å²) >= 11 is 1.38. The molecule has 18 heavy (non-hydrogen) atoms. The number of hydrogen-bond acceptors (Lipinski definition) is 5. The highest BCUT2D eigenvalue weighted by atomic mass is 32.1. The monoisotopic (exact) mass is 267 g/mol. The summed E-state index contributed by atoms with van der Waals surface area (Å²) in [6, 6.07) is -0.177. The third-order valence-corrected chi connectivity index (χ3v) is 4.36. The van der Waals surface area contributed by atoms with Crippen molar-refractivity contribution in [3.8, 4) is 0 Å². The molecular weight excluding hydrogens is 250 g/mol. The van der Waals surface area contributed by atoms with Crippen LogP contribution in [0.15, 0.2) is 0 Å². The van der Waals surface area contributed by atoms with Crippen LogP contribution in [0.25, 0.3) is 0 Å². The lowest BCUT2D eigenvalue weighted by atomic mass is 10.1. The number of piperazine rings is 1. The van der Waals surface area contributed by atoms with Crippen molar-refractivity contribution in [3.05, 3.63) is 10.6 Å². The number of carbonyl (C=O) groups is 2. The van der Waals surface area contributed by atoms with E-state index >= 15 is 0 Å². The maximum atomic E-state index is 11.8. The zero-order valence-electron chi connectivity index (χ0n) is 10.8. The van der Waals surface area contributed by atoms with Crippen LogP contribution in [0, 0.1) is 6.92 Å². The van der Waals surface area contributed by atoms with Crippen molar-refractivity contribution < 1.29 is 9.59 Å². The quantitative estimate of drug-likeness (QED) is 0.840. The fraction of sp³-hybridized carbons (Fsp3) is 0.583. The molecule has 5 nitrogen and oxygen atoms in total. The van der Waals surface area contributed by atoms with Gasteiger partial charge in [0.1, 0.15) is 6.04 Å². The molecular formula is C12H17N3O2S. The van der Waals surface area contributed by atoms with E-state index in [4.69, 9.17) is 0 Å². The van der Waals surface area contributed by atoms with E-state index in [0.717, 1.165) is 23.8 Å². The second-order valence-corrected chi connectivity index (χ2v) is 5.35. The molecule has 1 amide bonds. The van der Waals surface area contributed by atoms with Crippen LogP contribution in [-0.4, -0.2) is 35.8 Å². The first-order valence-electron chi connectivity index (χ1n) is 6.07. The predicted octanol–water partition coefficient (Wildman–Crippen LogP) is 1.37. The predicted molar refractivity (Wildman–Crippen MR) is 71.3 cm³/mol. The van der Waals surface area contributed by atoms with Crippen LogP contribution in [0.3, 0.4) is 0 Å². The van der Waals surface area contributed by atoms with Crippen LogP contribution in [0.2, 0.25) is 0 Å². The van der Waals surface area contributed by atoms with Crippen LogP contribution in [0.4, 0.5) is 5.13 Å². The maximum absolute atomic E-state index is 11.8. The molecule has 0 spiro atoms. The number of aromatic nitrogens is 1. The molecule has 0 aliphatic carbocycles. The van der Waals surface area contributed by atoms with Gasteiger partial charge in [-0.3, -0.25) is 9.59 Å². The van der Waals surface area contributed by atoms with Gasteiger partial charge < -0.3 is 10.2 Å². The van der Waals surface area contributed by atoms with Crippen molar-refractivity contribution in [3.63, 3.8) is 0 Å². The molecule has 1 aromatic heterocycles. The molecule has 1 aliphatic heterocycles.